The maximum Gasteiger partial charge on any atom is 0.170 e. The van der Waals surface area contributed by atoms with Crippen molar-refractivity contribution < 1.29 is 5.21 Å². The highest BCUT2D eigenvalue weighted by atomic mass is 79.9. The zero-order valence-electron chi connectivity index (χ0n) is 10.3. The van der Waals surface area contributed by atoms with Gasteiger partial charge in [-0.1, -0.05) is 19.0 Å². The number of hydrogen-bond donors (Lipinski definition) is 2. The van der Waals surface area contributed by atoms with Crippen LogP contribution in [-0.2, 0) is 0 Å². The SMILES string of the molecule is CC(C)CN(C)c1ccc(/C(N)=N/O)cc1Br. The lowest BCUT2D eigenvalue weighted by Crippen LogP contribution is -2.23. The standard InChI is InChI=1S/C12H18BrN3O/c1-8(2)7-16(3)11-5-4-9(6-10(11)13)12(14)15-17/h4-6,8,17H,7H2,1-3H3,(H2,14,15). The van der Waals surface area contributed by atoms with Gasteiger partial charge in [0.25, 0.3) is 0 Å². The Balaban J connectivity index is 2.97. The molecule has 0 amide bonds. The monoisotopic (exact) mass is 299 g/mol. The largest absolute Gasteiger partial charge is 0.409 e. The molecule has 5 heteroatoms. The molecule has 0 fully saturated rings. The minimum atomic E-state index is 0.115. The molecule has 1 aromatic rings. The van der Waals surface area contributed by atoms with Gasteiger partial charge in [0.1, 0.15) is 0 Å². The first-order valence-electron chi connectivity index (χ1n) is 5.44. The first-order chi connectivity index (χ1) is 7.95. The highest BCUT2D eigenvalue weighted by Gasteiger charge is 2.09. The quantitative estimate of drug-likeness (QED) is 0.389. The normalized spacial score (nSPS) is 11.9. The van der Waals surface area contributed by atoms with Gasteiger partial charge >= 0.3 is 0 Å². The van der Waals surface area contributed by atoms with Gasteiger partial charge in [0.2, 0.25) is 0 Å². The molecule has 0 saturated heterocycles. The molecule has 17 heavy (non-hydrogen) atoms. The number of anilines is 1. The highest BCUT2D eigenvalue weighted by molar-refractivity contribution is 9.10. The van der Waals surface area contributed by atoms with Crippen LogP contribution < -0.4 is 10.6 Å². The third-order valence-corrected chi connectivity index (χ3v) is 3.04. The molecule has 0 radical (unpaired) electrons. The molecule has 0 bridgehead atoms. The van der Waals surface area contributed by atoms with Gasteiger partial charge in [-0.15, -0.1) is 0 Å². The van der Waals surface area contributed by atoms with Crippen LogP contribution in [0.2, 0.25) is 0 Å². The fourth-order valence-corrected chi connectivity index (χ4v) is 2.36. The highest BCUT2D eigenvalue weighted by Crippen LogP contribution is 2.27. The van der Waals surface area contributed by atoms with Crippen molar-refractivity contribution in [2.75, 3.05) is 18.5 Å². The molecule has 0 aliphatic heterocycles. The Hall–Kier alpha value is -1.23. The van der Waals surface area contributed by atoms with E-state index in [-0.39, 0.29) is 5.84 Å². The number of amidine groups is 1. The molecular formula is C12H18BrN3O. The minimum Gasteiger partial charge on any atom is -0.409 e. The van der Waals surface area contributed by atoms with Crippen molar-refractivity contribution in [2.24, 2.45) is 16.8 Å². The zero-order chi connectivity index (χ0) is 13.0. The Morgan fingerprint density at radius 1 is 1.53 bits per heavy atom. The molecule has 94 valence electrons. The predicted molar refractivity (Wildman–Crippen MR) is 74.8 cm³/mol. The summed E-state index contributed by atoms with van der Waals surface area (Å²) in [6.07, 6.45) is 0. The van der Waals surface area contributed by atoms with Crippen LogP contribution in [0.15, 0.2) is 27.8 Å². The summed E-state index contributed by atoms with van der Waals surface area (Å²) >= 11 is 3.50. The van der Waals surface area contributed by atoms with Crippen LogP contribution in [0.5, 0.6) is 0 Å². The van der Waals surface area contributed by atoms with E-state index in [2.05, 4.69) is 39.8 Å². The van der Waals surface area contributed by atoms with E-state index >= 15 is 0 Å². The predicted octanol–water partition coefficient (Wildman–Crippen LogP) is 2.64. The molecule has 0 heterocycles. The van der Waals surface area contributed by atoms with Crippen molar-refractivity contribution in [2.45, 2.75) is 13.8 Å². The van der Waals surface area contributed by atoms with Gasteiger partial charge in [-0.3, -0.25) is 0 Å². The summed E-state index contributed by atoms with van der Waals surface area (Å²) in [7, 11) is 2.04. The first kappa shape index (κ1) is 13.8. The van der Waals surface area contributed by atoms with Crippen LogP contribution in [0.25, 0.3) is 0 Å². The molecule has 0 unspecified atom stereocenters. The van der Waals surface area contributed by atoms with Crippen molar-refractivity contribution in [1.29, 1.82) is 0 Å². The third-order valence-electron chi connectivity index (χ3n) is 2.40. The van der Waals surface area contributed by atoms with Crippen molar-refractivity contribution in [3.63, 3.8) is 0 Å². The molecule has 0 aromatic heterocycles. The lowest BCUT2D eigenvalue weighted by atomic mass is 10.1. The van der Waals surface area contributed by atoms with Gasteiger partial charge in [-0.25, -0.2) is 0 Å². The van der Waals surface area contributed by atoms with Crippen molar-refractivity contribution in [1.82, 2.24) is 0 Å². The van der Waals surface area contributed by atoms with E-state index in [1.807, 2.05) is 25.2 Å². The molecule has 0 atom stereocenters. The Labute approximate surface area is 110 Å². The maximum absolute atomic E-state index is 8.61. The van der Waals surface area contributed by atoms with E-state index in [4.69, 9.17) is 10.9 Å². The van der Waals surface area contributed by atoms with Crippen LogP contribution in [0.4, 0.5) is 5.69 Å². The van der Waals surface area contributed by atoms with Gasteiger partial charge in [-0.05, 0) is 40.0 Å². The van der Waals surface area contributed by atoms with Gasteiger partial charge in [0.05, 0.1) is 5.69 Å². The molecule has 0 saturated carbocycles. The van der Waals surface area contributed by atoms with Gasteiger partial charge in [0, 0.05) is 23.6 Å². The average molecular weight is 300 g/mol. The smallest absolute Gasteiger partial charge is 0.170 e. The van der Waals surface area contributed by atoms with E-state index in [9.17, 15) is 0 Å². The summed E-state index contributed by atoms with van der Waals surface area (Å²) in [4.78, 5) is 2.17. The molecule has 0 aliphatic rings. The van der Waals surface area contributed by atoms with E-state index in [1.54, 1.807) is 0 Å². The van der Waals surface area contributed by atoms with Crippen molar-refractivity contribution in [3.05, 3.63) is 28.2 Å². The van der Waals surface area contributed by atoms with E-state index in [0.29, 0.717) is 11.5 Å². The summed E-state index contributed by atoms with van der Waals surface area (Å²) < 4.78 is 0.935. The number of halogens is 1. The lowest BCUT2D eigenvalue weighted by molar-refractivity contribution is 0.318. The average Bonchev–Trinajstić information content (AvgIpc) is 2.26. The van der Waals surface area contributed by atoms with Crippen molar-refractivity contribution in [3.8, 4) is 0 Å². The van der Waals surface area contributed by atoms with Crippen LogP contribution >= 0.6 is 15.9 Å². The third kappa shape index (κ3) is 3.63. The van der Waals surface area contributed by atoms with Gasteiger partial charge in [-0.2, -0.15) is 0 Å². The topological polar surface area (TPSA) is 61.8 Å². The number of nitrogens with zero attached hydrogens (tertiary/aromatic N) is 2. The summed E-state index contributed by atoms with van der Waals surface area (Å²) in [5, 5.41) is 11.6. The van der Waals surface area contributed by atoms with Crippen LogP contribution in [0.3, 0.4) is 0 Å². The molecule has 3 N–H and O–H groups in total. The lowest BCUT2D eigenvalue weighted by Gasteiger charge is -2.23. The van der Waals surface area contributed by atoms with Gasteiger partial charge in [0.15, 0.2) is 5.84 Å². The fourth-order valence-electron chi connectivity index (χ4n) is 1.68. The number of nitrogens with two attached hydrogens (primary N) is 1. The number of hydrogen-bond acceptors (Lipinski definition) is 3. The molecule has 0 aliphatic carbocycles. The summed E-state index contributed by atoms with van der Waals surface area (Å²) in [6, 6.07) is 5.65. The second-order valence-corrected chi connectivity index (χ2v) is 5.28. The summed E-state index contributed by atoms with van der Waals surface area (Å²) in [6.45, 7) is 5.33. The van der Waals surface area contributed by atoms with Crippen LogP contribution in [0, 0.1) is 5.92 Å². The maximum atomic E-state index is 8.61. The second-order valence-electron chi connectivity index (χ2n) is 4.43. The minimum absolute atomic E-state index is 0.115. The van der Waals surface area contributed by atoms with E-state index < -0.39 is 0 Å². The number of oxime groups is 1. The molecule has 0 spiro atoms. The van der Waals surface area contributed by atoms with Crippen LogP contribution in [-0.4, -0.2) is 24.6 Å². The molecular weight excluding hydrogens is 282 g/mol. The summed E-state index contributed by atoms with van der Waals surface area (Å²) in [5.74, 6) is 0.708. The molecule has 1 aromatic carbocycles. The number of rotatable bonds is 4. The number of benzene rings is 1. The van der Waals surface area contributed by atoms with Gasteiger partial charge < -0.3 is 15.8 Å². The van der Waals surface area contributed by atoms with Crippen LogP contribution in [0.1, 0.15) is 19.4 Å². The van der Waals surface area contributed by atoms with E-state index in [0.717, 1.165) is 16.7 Å². The Morgan fingerprint density at radius 3 is 2.65 bits per heavy atom. The molecule has 1 rings (SSSR count). The Bertz CT molecular complexity index is 418. The Kier molecular flexibility index (Phi) is 4.81. The zero-order valence-corrected chi connectivity index (χ0v) is 11.9. The van der Waals surface area contributed by atoms with E-state index in [1.165, 1.54) is 0 Å². The second kappa shape index (κ2) is 5.91. The first-order valence-corrected chi connectivity index (χ1v) is 6.23. The summed E-state index contributed by atoms with van der Waals surface area (Å²) in [5.41, 5.74) is 7.32. The Morgan fingerprint density at radius 2 is 2.18 bits per heavy atom. The van der Waals surface area contributed by atoms with Crippen molar-refractivity contribution >= 4 is 27.5 Å². The fraction of sp³-hybridized carbons (Fsp3) is 0.417. The molecule has 4 nitrogen and oxygen atoms in total.